The van der Waals surface area contributed by atoms with Crippen molar-refractivity contribution in [2.45, 2.75) is 45.1 Å². The molecule has 0 heterocycles. The molecule has 2 rings (SSSR count). The smallest absolute Gasteiger partial charge is 0.326 e. The molecule has 4 nitrogen and oxygen atoms in total. The highest BCUT2D eigenvalue weighted by atomic mass is 16.4. The van der Waals surface area contributed by atoms with E-state index in [1.165, 1.54) is 12.8 Å². The standard InChI is InChI=1S/C12H19NO3/c1-2-10(12(15)16)13-11(14)9-6-7-3-4-8(9)5-7/h7-10H,2-6H2,1H3,(H,13,14)(H,15,16)/t7?,8?,9?,10-/m0/s1. The summed E-state index contributed by atoms with van der Waals surface area (Å²) in [6.07, 6.45) is 4.98. The van der Waals surface area contributed by atoms with Crippen molar-refractivity contribution in [2.75, 3.05) is 0 Å². The number of aliphatic carboxylic acids is 1. The number of fused-ring (bicyclic) bond motifs is 2. The third kappa shape index (κ3) is 2.06. The van der Waals surface area contributed by atoms with Crippen molar-refractivity contribution in [1.29, 1.82) is 0 Å². The maximum Gasteiger partial charge on any atom is 0.326 e. The Morgan fingerprint density at radius 3 is 2.56 bits per heavy atom. The monoisotopic (exact) mass is 225 g/mol. The molecule has 4 heteroatoms. The molecule has 2 fully saturated rings. The normalized spacial score (nSPS) is 33.7. The second-order valence-corrected chi connectivity index (χ2v) is 5.09. The van der Waals surface area contributed by atoms with Gasteiger partial charge in [0.1, 0.15) is 6.04 Å². The average Bonchev–Trinajstić information content (AvgIpc) is 2.86. The molecule has 2 saturated carbocycles. The van der Waals surface area contributed by atoms with Crippen molar-refractivity contribution in [3.05, 3.63) is 0 Å². The summed E-state index contributed by atoms with van der Waals surface area (Å²) in [5, 5.41) is 11.5. The minimum Gasteiger partial charge on any atom is -0.480 e. The number of carboxylic acids is 1. The van der Waals surface area contributed by atoms with E-state index in [0.717, 1.165) is 12.8 Å². The molecule has 0 aliphatic heterocycles. The van der Waals surface area contributed by atoms with Crippen molar-refractivity contribution >= 4 is 11.9 Å². The zero-order valence-electron chi connectivity index (χ0n) is 9.61. The molecule has 0 radical (unpaired) electrons. The number of carbonyl (C=O) groups excluding carboxylic acids is 1. The minimum absolute atomic E-state index is 0.0403. The van der Waals surface area contributed by atoms with Crippen LogP contribution in [0.25, 0.3) is 0 Å². The first kappa shape index (κ1) is 11.4. The van der Waals surface area contributed by atoms with Crippen LogP contribution in [0.4, 0.5) is 0 Å². The molecule has 2 aliphatic carbocycles. The summed E-state index contributed by atoms with van der Waals surface area (Å²) >= 11 is 0. The first-order chi connectivity index (χ1) is 7.61. The fraction of sp³-hybridized carbons (Fsp3) is 0.833. The Hall–Kier alpha value is -1.06. The SMILES string of the molecule is CC[C@H](NC(=O)C1CC2CCC1C2)C(=O)O. The third-order valence-electron chi connectivity index (χ3n) is 4.10. The van der Waals surface area contributed by atoms with Crippen LogP contribution in [0.1, 0.15) is 39.0 Å². The van der Waals surface area contributed by atoms with Crippen LogP contribution in [0, 0.1) is 17.8 Å². The van der Waals surface area contributed by atoms with Gasteiger partial charge in [-0.2, -0.15) is 0 Å². The van der Waals surface area contributed by atoms with E-state index in [1.807, 2.05) is 0 Å². The fourth-order valence-electron chi connectivity index (χ4n) is 3.18. The fourth-order valence-corrected chi connectivity index (χ4v) is 3.18. The van der Waals surface area contributed by atoms with Gasteiger partial charge < -0.3 is 10.4 Å². The van der Waals surface area contributed by atoms with Gasteiger partial charge in [-0.1, -0.05) is 13.3 Å². The molecule has 4 atom stereocenters. The lowest BCUT2D eigenvalue weighted by molar-refractivity contribution is -0.142. The van der Waals surface area contributed by atoms with Gasteiger partial charge in [0.2, 0.25) is 5.91 Å². The van der Waals surface area contributed by atoms with Crippen LogP contribution in [-0.4, -0.2) is 23.0 Å². The maximum absolute atomic E-state index is 11.9. The number of carbonyl (C=O) groups is 2. The summed E-state index contributed by atoms with van der Waals surface area (Å²) in [4.78, 5) is 22.8. The van der Waals surface area contributed by atoms with Gasteiger partial charge in [-0.3, -0.25) is 4.79 Å². The Kier molecular flexibility index (Phi) is 3.17. The van der Waals surface area contributed by atoms with E-state index in [-0.39, 0.29) is 11.8 Å². The molecule has 0 aromatic carbocycles. The molecule has 0 aromatic heterocycles. The molecule has 1 amide bonds. The molecule has 0 saturated heterocycles. The molecule has 0 spiro atoms. The first-order valence-electron chi connectivity index (χ1n) is 6.15. The largest absolute Gasteiger partial charge is 0.480 e. The predicted molar refractivity (Wildman–Crippen MR) is 58.8 cm³/mol. The summed E-state index contributed by atoms with van der Waals surface area (Å²) in [7, 11) is 0. The minimum atomic E-state index is -0.931. The van der Waals surface area contributed by atoms with Crippen LogP contribution >= 0.6 is 0 Å². The van der Waals surface area contributed by atoms with E-state index < -0.39 is 12.0 Å². The molecule has 90 valence electrons. The summed E-state index contributed by atoms with van der Waals surface area (Å²) in [5.41, 5.74) is 0. The van der Waals surface area contributed by atoms with Crippen LogP contribution < -0.4 is 5.32 Å². The molecule has 0 aromatic rings. The number of hydrogen-bond acceptors (Lipinski definition) is 2. The van der Waals surface area contributed by atoms with Crippen molar-refractivity contribution in [3.63, 3.8) is 0 Å². The highest BCUT2D eigenvalue weighted by Crippen LogP contribution is 2.48. The Bertz CT molecular complexity index is 303. The van der Waals surface area contributed by atoms with Crippen LogP contribution in [0.3, 0.4) is 0 Å². The van der Waals surface area contributed by atoms with Crippen molar-refractivity contribution < 1.29 is 14.7 Å². The maximum atomic E-state index is 11.9. The molecule has 16 heavy (non-hydrogen) atoms. The Balaban J connectivity index is 1.90. The molecule has 2 bridgehead atoms. The van der Waals surface area contributed by atoms with Crippen molar-refractivity contribution in [3.8, 4) is 0 Å². The number of carboxylic acid groups (broad SMARTS) is 1. The summed E-state index contributed by atoms with van der Waals surface area (Å²) in [5.74, 6) is 0.328. The number of nitrogens with one attached hydrogen (secondary N) is 1. The molecular weight excluding hydrogens is 206 g/mol. The van der Waals surface area contributed by atoms with E-state index in [1.54, 1.807) is 6.92 Å². The van der Waals surface area contributed by atoms with E-state index in [2.05, 4.69) is 5.32 Å². The number of rotatable bonds is 4. The highest BCUT2D eigenvalue weighted by molar-refractivity contribution is 5.85. The zero-order chi connectivity index (χ0) is 11.7. The number of amides is 1. The van der Waals surface area contributed by atoms with Crippen molar-refractivity contribution in [1.82, 2.24) is 5.32 Å². The van der Waals surface area contributed by atoms with E-state index in [0.29, 0.717) is 18.3 Å². The average molecular weight is 225 g/mol. The van der Waals surface area contributed by atoms with Crippen LogP contribution in [-0.2, 0) is 9.59 Å². The summed E-state index contributed by atoms with van der Waals surface area (Å²) < 4.78 is 0. The summed E-state index contributed by atoms with van der Waals surface area (Å²) in [6, 6.07) is -0.716. The second kappa shape index (κ2) is 4.44. The lowest BCUT2D eigenvalue weighted by Crippen LogP contribution is -2.44. The lowest BCUT2D eigenvalue weighted by atomic mass is 9.88. The number of hydrogen-bond donors (Lipinski definition) is 2. The third-order valence-corrected chi connectivity index (χ3v) is 4.10. The Labute approximate surface area is 95.4 Å². The van der Waals surface area contributed by atoms with Gasteiger partial charge in [0.05, 0.1) is 0 Å². The van der Waals surface area contributed by atoms with E-state index in [9.17, 15) is 9.59 Å². The Morgan fingerprint density at radius 1 is 1.38 bits per heavy atom. The van der Waals surface area contributed by atoms with Gasteiger partial charge in [0, 0.05) is 5.92 Å². The molecule has 2 N–H and O–H groups in total. The van der Waals surface area contributed by atoms with Crippen LogP contribution in [0.2, 0.25) is 0 Å². The highest BCUT2D eigenvalue weighted by Gasteiger charge is 2.43. The van der Waals surface area contributed by atoms with Crippen molar-refractivity contribution in [2.24, 2.45) is 17.8 Å². The van der Waals surface area contributed by atoms with E-state index in [4.69, 9.17) is 5.11 Å². The zero-order valence-corrected chi connectivity index (χ0v) is 9.61. The quantitative estimate of drug-likeness (QED) is 0.760. The van der Waals surface area contributed by atoms with Gasteiger partial charge >= 0.3 is 5.97 Å². The van der Waals surface area contributed by atoms with Gasteiger partial charge in [-0.15, -0.1) is 0 Å². The van der Waals surface area contributed by atoms with Gasteiger partial charge in [-0.25, -0.2) is 4.79 Å². The van der Waals surface area contributed by atoms with Gasteiger partial charge in [0.15, 0.2) is 0 Å². The van der Waals surface area contributed by atoms with Crippen LogP contribution in [0.15, 0.2) is 0 Å². The van der Waals surface area contributed by atoms with Crippen LogP contribution in [0.5, 0.6) is 0 Å². The first-order valence-corrected chi connectivity index (χ1v) is 6.15. The van der Waals surface area contributed by atoms with E-state index >= 15 is 0 Å². The van der Waals surface area contributed by atoms with Gasteiger partial charge in [0.25, 0.3) is 0 Å². The summed E-state index contributed by atoms with van der Waals surface area (Å²) in [6.45, 7) is 1.78. The second-order valence-electron chi connectivity index (χ2n) is 5.09. The molecule has 2 aliphatic rings. The molecular formula is C12H19NO3. The predicted octanol–water partition coefficient (Wildman–Crippen LogP) is 1.40. The Morgan fingerprint density at radius 2 is 2.12 bits per heavy atom. The van der Waals surface area contributed by atoms with Gasteiger partial charge in [-0.05, 0) is 37.5 Å². The molecule has 3 unspecified atom stereocenters. The lowest BCUT2D eigenvalue weighted by Gasteiger charge is -2.22. The topological polar surface area (TPSA) is 66.4 Å².